The second-order valence-corrected chi connectivity index (χ2v) is 5.26. The van der Waals surface area contributed by atoms with Crippen molar-refractivity contribution in [3.8, 4) is 0 Å². The second-order valence-electron chi connectivity index (χ2n) is 5.26. The van der Waals surface area contributed by atoms with Crippen LogP contribution in [-0.4, -0.2) is 22.4 Å². The highest BCUT2D eigenvalue weighted by Gasteiger charge is 2.44. The third-order valence-corrected chi connectivity index (χ3v) is 3.12. The number of nitrogens with zero attached hydrogens (tertiary/aromatic N) is 1. The SMILES string of the molecule is CC1(C)NC(=O)N(Cc2ccc(F)c(C(F)(F)F)c2)C1=O. The van der Waals surface area contributed by atoms with Crippen LogP contribution in [0.5, 0.6) is 0 Å². The van der Waals surface area contributed by atoms with Gasteiger partial charge in [0.25, 0.3) is 5.91 Å². The van der Waals surface area contributed by atoms with Gasteiger partial charge in [-0.1, -0.05) is 6.07 Å². The highest BCUT2D eigenvalue weighted by molar-refractivity contribution is 6.06. The highest BCUT2D eigenvalue weighted by atomic mass is 19.4. The number of alkyl halides is 3. The van der Waals surface area contributed by atoms with E-state index in [4.69, 9.17) is 0 Å². The van der Waals surface area contributed by atoms with Crippen molar-refractivity contribution in [2.45, 2.75) is 32.1 Å². The van der Waals surface area contributed by atoms with Gasteiger partial charge in [0, 0.05) is 0 Å². The molecule has 0 aliphatic carbocycles. The van der Waals surface area contributed by atoms with E-state index in [9.17, 15) is 27.2 Å². The van der Waals surface area contributed by atoms with E-state index in [0.717, 1.165) is 11.0 Å². The average Bonchev–Trinajstić information content (AvgIpc) is 2.52. The number of carbonyl (C=O) groups is 2. The molecule has 0 atom stereocenters. The van der Waals surface area contributed by atoms with Crippen molar-refractivity contribution in [1.82, 2.24) is 10.2 Å². The van der Waals surface area contributed by atoms with E-state index in [0.29, 0.717) is 12.1 Å². The van der Waals surface area contributed by atoms with Crippen LogP contribution in [0.2, 0.25) is 0 Å². The van der Waals surface area contributed by atoms with Gasteiger partial charge in [0.05, 0.1) is 12.1 Å². The zero-order chi connectivity index (χ0) is 16.0. The number of hydrogen-bond acceptors (Lipinski definition) is 2. The summed E-state index contributed by atoms with van der Waals surface area (Å²) in [6.45, 7) is 2.62. The first-order valence-electron chi connectivity index (χ1n) is 6.02. The van der Waals surface area contributed by atoms with Crippen LogP contribution < -0.4 is 5.32 Å². The summed E-state index contributed by atoms with van der Waals surface area (Å²) in [5, 5.41) is 2.41. The normalized spacial score (nSPS) is 18.1. The minimum Gasteiger partial charge on any atom is -0.324 e. The van der Waals surface area contributed by atoms with Gasteiger partial charge in [-0.2, -0.15) is 13.2 Å². The molecular formula is C13H12F4N2O2. The number of amides is 3. The number of halogens is 4. The molecule has 0 aromatic heterocycles. The molecule has 1 saturated heterocycles. The van der Waals surface area contributed by atoms with Gasteiger partial charge < -0.3 is 5.32 Å². The zero-order valence-corrected chi connectivity index (χ0v) is 11.2. The minimum atomic E-state index is -4.84. The lowest BCUT2D eigenvalue weighted by molar-refractivity contribution is -0.140. The molecule has 0 radical (unpaired) electrons. The van der Waals surface area contributed by atoms with Gasteiger partial charge in [-0.15, -0.1) is 0 Å². The van der Waals surface area contributed by atoms with E-state index >= 15 is 0 Å². The maximum Gasteiger partial charge on any atom is 0.419 e. The molecule has 0 bridgehead atoms. The number of hydrogen-bond donors (Lipinski definition) is 1. The first kappa shape index (κ1) is 15.3. The Bertz CT molecular complexity index is 611. The van der Waals surface area contributed by atoms with Crippen molar-refractivity contribution >= 4 is 11.9 Å². The Morgan fingerprint density at radius 3 is 2.33 bits per heavy atom. The topological polar surface area (TPSA) is 49.4 Å². The van der Waals surface area contributed by atoms with Crippen molar-refractivity contribution in [3.05, 3.63) is 35.1 Å². The third kappa shape index (κ3) is 2.84. The maximum absolute atomic E-state index is 13.2. The molecular weight excluding hydrogens is 292 g/mol. The number of urea groups is 1. The Morgan fingerprint density at radius 2 is 1.86 bits per heavy atom. The zero-order valence-electron chi connectivity index (χ0n) is 11.2. The molecule has 1 aromatic rings. The molecule has 114 valence electrons. The molecule has 1 aromatic carbocycles. The lowest BCUT2D eigenvalue weighted by Gasteiger charge is -2.17. The summed E-state index contributed by atoms with van der Waals surface area (Å²) >= 11 is 0. The molecule has 4 nitrogen and oxygen atoms in total. The molecule has 0 spiro atoms. The molecule has 0 unspecified atom stereocenters. The summed E-state index contributed by atoms with van der Waals surface area (Å²) in [5.41, 5.74) is -2.51. The smallest absolute Gasteiger partial charge is 0.324 e. The van der Waals surface area contributed by atoms with Crippen molar-refractivity contribution in [3.63, 3.8) is 0 Å². The summed E-state index contributed by atoms with van der Waals surface area (Å²) in [6.07, 6.45) is -4.84. The third-order valence-electron chi connectivity index (χ3n) is 3.12. The molecule has 21 heavy (non-hydrogen) atoms. The Balaban J connectivity index is 2.29. The van der Waals surface area contributed by atoms with E-state index in [-0.39, 0.29) is 12.1 Å². The predicted molar refractivity (Wildman–Crippen MR) is 64.6 cm³/mol. The summed E-state index contributed by atoms with van der Waals surface area (Å²) < 4.78 is 51.0. The van der Waals surface area contributed by atoms with E-state index in [1.807, 2.05) is 0 Å². The molecule has 1 aliphatic rings. The Morgan fingerprint density at radius 1 is 1.24 bits per heavy atom. The first-order chi connectivity index (χ1) is 9.52. The van der Waals surface area contributed by atoms with Gasteiger partial charge in [0.2, 0.25) is 0 Å². The second kappa shape index (κ2) is 4.71. The average molecular weight is 304 g/mol. The molecule has 1 N–H and O–H groups in total. The van der Waals surface area contributed by atoms with Gasteiger partial charge in [-0.05, 0) is 31.5 Å². The van der Waals surface area contributed by atoms with E-state index in [1.165, 1.54) is 13.8 Å². The van der Waals surface area contributed by atoms with Crippen molar-refractivity contribution in [2.24, 2.45) is 0 Å². The lowest BCUT2D eigenvalue weighted by Crippen LogP contribution is -2.40. The van der Waals surface area contributed by atoms with Crippen LogP contribution in [0.4, 0.5) is 22.4 Å². The van der Waals surface area contributed by atoms with Gasteiger partial charge in [0.15, 0.2) is 0 Å². The first-order valence-corrected chi connectivity index (χ1v) is 6.02. The van der Waals surface area contributed by atoms with Crippen LogP contribution in [0.25, 0.3) is 0 Å². The summed E-state index contributed by atoms with van der Waals surface area (Å²) in [5.74, 6) is -1.95. The fourth-order valence-electron chi connectivity index (χ4n) is 2.03. The quantitative estimate of drug-likeness (QED) is 0.674. The fourth-order valence-corrected chi connectivity index (χ4v) is 2.03. The van der Waals surface area contributed by atoms with Gasteiger partial charge >= 0.3 is 12.2 Å². The van der Waals surface area contributed by atoms with Gasteiger partial charge in [-0.25, -0.2) is 9.18 Å². The molecule has 1 heterocycles. The Hall–Kier alpha value is -2.12. The van der Waals surface area contributed by atoms with Crippen LogP contribution in [0.3, 0.4) is 0 Å². The lowest BCUT2D eigenvalue weighted by atomic mass is 10.1. The van der Waals surface area contributed by atoms with Crippen LogP contribution in [0.1, 0.15) is 25.0 Å². The number of carbonyl (C=O) groups excluding carboxylic acids is 2. The largest absolute Gasteiger partial charge is 0.419 e. The molecule has 1 fully saturated rings. The van der Waals surface area contributed by atoms with Crippen LogP contribution in [-0.2, 0) is 17.5 Å². The molecule has 1 aliphatic heterocycles. The van der Waals surface area contributed by atoms with Gasteiger partial charge in [-0.3, -0.25) is 9.69 Å². The summed E-state index contributed by atoms with van der Waals surface area (Å²) in [4.78, 5) is 24.4. The highest BCUT2D eigenvalue weighted by Crippen LogP contribution is 2.32. The van der Waals surface area contributed by atoms with Crippen LogP contribution in [0.15, 0.2) is 18.2 Å². The van der Waals surface area contributed by atoms with E-state index in [2.05, 4.69) is 5.32 Å². The molecule has 3 amide bonds. The molecule has 2 rings (SSSR count). The summed E-state index contributed by atoms with van der Waals surface area (Å²) in [6, 6.07) is 1.68. The standard InChI is InChI=1S/C13H12F4N2O2/c1-12(2)10(20)19(11(21)18-12)6-7-3-4-9(14)8(5-7)13(15,16)17/h3-5H,6H2,1-2H3,(H,18,21). The summed E-state index contributed by atoms with van der Waals surface area (Å²) in [7, 11) is 0. The number of imide groups is 1. The van der Waals surface area contributed by atoms with Gasteiger partial charge in [0.1, 0.15) is 11.4 Å². The number of nitrogens with one attached hydrogen (secondary N) is 1. The Labute approximate surface area is 117 Å². The van der Waals surface area contributed by atoms with Crippen molar-refractivity contribution in [2.75, 3.05) is 0 Å². The van der Waals surface area contributed by atoms with Crippen molar-refractivity contribution in [1.29, 1.82) is 0 Å². The predicted octanol–water partition coefficient (Wildman–Crippen LogP) is 2.67. The van der Waals surface area contributed by atoms with Crippen LogP contribution in [0, 0.1) is 5.82 Å². The van der Waals surface area contributed by atoms with E-state index in [1.54, 1.807) is 0 Å². The molecule has 8 heteroatoms. The van der Waals surface area contributed by atoms with Crippen LogP contribution >= 0.6 is 0 Å². The Kier molecular flexibility index (Phi) is 3.43. The fraction of sp³-hybridized carbons (Fsp3) is 0.385. The minimum absolute atomic E-state index is 0.0184. The van der Waals surface area contributed by atoms with Crippen molar-refractivity contribution < 1.29 is 27.2 Å². The van der Waals surface area contributed by atoms with E-state index < -0.39 is 35.0 Å². The maximum atomic E-state index is 13.2. The number of benzene rings is 1. The number of rotatable bonds is 2. The monoisotopic (exact) mass is 304 g/mol. The molecule has 0 saturated carbocycles.